The van der Waals surface area contributed by atoms with Crippen molar-refractivity contribution in [1.29, 1.82) is 0 Å². The first-order chi connectivity index (χ1) is 20.0. The number of aromatic nitrogens is 3. The summed E-state index contributed by atoms with van der Waals surface area (Å²) in [7, 11) is 1.59. The van der Waals surface area contributed by atoms with Gasteiger partial charge in [0, 0.05) is 44.3 Å². The van der Waals surface area contributed by atoms with E-state index < -0.39 is 0 Å². The Kier molecular flexibility index (Phi) is 8.85. The van der Waals surface area contributed by atoms with E-state index in [0.29, 0.717) is 36.8 Å². The third-order valence-electron chi connectivity index (χ3n) is 9.29. The molecule has 41 heavy (non-hydrogen) atoms. The van der Waals surface area contributed by atoms with Crippen LogP contribution in [0.5, 0.6) is 5.75 Å². The highest BCUT2D eigenvalue weighted by atomic mass is 32.2. The van der Waals surface area contributed by atoms with Gasteiger partial charge in [-0.3, -0.25) is 0 Å². The van der Waals surface area contributed by atoms with Gasteiger partial charge in [0.2, 0.25) is 0 Å². The molecule has 224 valence electrons. The van der Waals surface area contributed by atoms with E-state index in [9.17, 15) is 5.11 Å². The molecule has 0 bridgehead atoms. The van der Waals surface area contributed by atoms with Gasteiger partial charge in [-0.2, -0.15) is 0 Å². The quantitative estimate of drug-likeness (QED) is 0.325. The van der Waals surface area contributed by atoms with Crippen LogP contribution in [0.15, 0.2) is 28.4 Å². The largest absolute Gasteiger partial charge is 0.486 e. The third kappa shape index (κ3) is 5.87. The molecular formula is C29H41N5O6S. The fraction of sp³-hybridized carbons (Fsp3) is 0.690. The zero-order chi connectivity index (χ0) is 28.4. The lowest BCUT2D eigenvalue weighted by Gasteiger charge is -2.42. The van der Waals surface area contributed by atoms with E-state index in [2.05, 4.69) is 28.6 Å². The molecule has 0 amide bonds. The van der Waals surface area contributed by atoms with E-state index in [1.165, 1.54) is 11.8 Å². The smallest absolute Gasteiger partial charge is 0.175 e. The Morgan fingerprint density at radius 3 is 2.76 bits per heavy atom. The second-order valence-corrected chi connectivity index (χ2v) is 12.7. The zero-order valence-electron chi connectivity index (χ0n) is 24.2. The molecule has 2 aromatic rings. The first-order valence-corrected chi connectivity index (χ1v) is 15.4. The average molecular weight is 588 g/mol. The van der Waals surface area contributed by atoms with Gasteiger partial charge in [-0.15, -0.1) is 0 Å². The highest BCUT2D eigenvalue weighted by Crippen LogP contribution is 2.47. The summed E-state index contributed by atoms with van der Waals surface area (Å²) in [5.74, 6) is 3.34. The number of fused-ring (bicyclic) bond motifs is 3. The van der Waals surface area contributed by atoms with E-state index in [-0.39, 0.29) is 31.6 Å². The SMILES string of the molecule is COCOCOC[C@H]1C[C@H]2COc3c(Sc4cnc(N5CCC6(CC5)CO[C@@H](C)[C@H]6C)c(CO)n4)ccnc3N2C1. The van der Waals surface area contributed by atoms with Crippen LogP contribution in [0, 0.1) is 17.3 Å². The summed E-state index contributed by atoms with van der Waals surface area (Å²) < 4.78 is 28.1. The summed E-state index contributed by atoms with van der Waals surface area (Å²) in [4.78, 5) is 19.8. The molecule has 11 nitrogen and oxygen atoms in total. The number of hydrogen-bond acceptors (Lipinski definition) is 12. The van der Waals surface area contributed by atoms with Crippen LogP contribution in [-0.4, -0.2) is 92.4 Å². The first-order valence-electron chi connectivity index (χ1n) is 14.6. The summed E-state index contributed by atoms with van der Waals surface area (Å²) >= 11 is 1.49. The molecule has 3 saturated heterocycles. The molecule has 0 unspecified atom stereocenters. The average Bonchev–Trinajstić information content (AvgIpc) is 3.54. The van der Waals surface area contributed by atoms with Crippen LogP contribution in [0.25, 0.3) is 0 Å². The van der Waals surface area contributed by atoms with Gasteiger partial charge in [0.05, 0.1) is 43.1 Å². The maximum atomic E-state index is 10.2. The summed E-state index contributed by atoms with van der Waals surface area (Å²) in [6, 6.07) is 2.23. The molecule has 0 radical (unpaired) electrons. The van der Waals surface area contributed by atoms with Crippen molar-refractivity contribution < 1.29 is 28.8 Å². The summed E-state index contributed by atoms with van der Waals surface area (Å²) in [6.07, 6.45) is 7.05. The van der Waals surface area contributed by atoms with Crippen LogP contribution in [-0.2, 0) is 25.6 Å². The lowest BCUT2D eigenvalue weighted by Crippen LogP contribution is -2.44. The van der Waals surface area contributed by atoms with Crippen molar-refractivity contribution in [3.63, 3.8) is 0 Å². The molecule has 1 N–H and O–H groups in total. The molecule has 6 heterocycles. The van der Waals surface area contributed by atoms with Crippen LogP contribution in [0.3, 0.4) is 0 Å². The zero-order valence-corrected chi connectivity index (χ0v) is 25.0. The topological polar surface area (TPSA) is 112 Å². The van der Waals surface area contributed by atoms with Gasteiger partial charge in [-0.05, 0) is 38.2 Å². The Morgan fingerprint density at radius 2 is 2.00 bits per heavy atom. The van der Waals surface area contributed by atoms with E-state index >= 15 is 0 Å². The molecule has 3 fully saturated rings. The Labute approximate surface area is 245 Å². The van der Waals surface area contributed by atoms with E-state index in [1.54, 1.807) is 13.3 Å². The monoisotopic (exact) mass is 587 g/mol. The maximum Gasteiger partial charge on any atom is 0.175 e. The van der Waals surface area contributed by atoms with Gasteiger partial charge < -0.3 is 38.6 Å². The van der Waals surface area contributed by atoms with Gasteiger partial charge in [0.1, 0.15) is 30.9 Å². The molecule has 6 rings (SSSR count). The number of rotatable bonds is 10. The summed E-state index contributed by atoms with van der Waals surface area (Å²) in [5.41, 5.74) is 0.856. The van der Waals surface area contributed by atoms with Crippen molar-refractivity contribution in [1.82, 2.24) is 15.0 Å². The van der Waals surface area contributed by atoms with Gasteiger partial charge in [-0.25, -0.2) is 15.0 Å². The minimum atomic E-state index is -0.157. The normalized spacial score (nSPS) is 26.7. The minimum Gasteiger partial charge on any atom is -0.486 e. The van der Waals surface area contributed by atoms with Crippen molar-refractivity contribution in [3.8, 4) is 5.75 Å². The third-order valence-corrected chi connectivity index (χ3v) is 10.2. The predicted octanol–water partition coefficient (Wildman–Crippen LogP) is 3.34. The standard InChI is InChI=1S/C29H41N5O6S/c1-19-20(2)40-16-29(19)5-8-33(9-6-29)27-23(13-35)32-25(11-31-27)41-24-4-7-30-28-26(24)39-15-22-10-21(12-34(22)28)14-37-18-38-17-36-3/h4,7,11,19-22,35H,5-6,8-10,12-18H2,1-3H3/t19-,20+,21+,22+/m1/s1. The van der Waals surface area contributed by atoms with Crippen molar-refractivity contribution in [3.05, 3.63) is 24.2 Å². The molecule has 0 aliphatic carbocycles. The molecule has 4 aliphatic heterocycles. The molecule has 1 spiro atoms. The number of anilines is 2. The molecule has 2 aromatic heterocycles. The Balaban J connectivity index is 1.11. The van der Waals surface area contributed by atoms with E-state index in [4.69, 9.17) is 33.7 Å². The Bertz CT molecular complexity index is 1200. The van der Waals surface area contributed by atoms with Crippen molar-refractivity contribution in [2.75, 3.05) is 70.0 Å². The fourth-order valence-corrected chi connectivity index (χ4v) is 7.59. The van der Waals surface area contributed by atoms with E-state index in [1.807, 2.05) is 12.3 Å². The minimum absolute atomic E-state index is 0.157. The maximum absolute atomic E-state index is 10.2. The highest BCUT2D eigenvalue weighted by molar-refractivity contribution is 7.99. The molecule has 4 atom stereocenters. The predicted molar refractivity (Wildman–Crippen MR) is 153 cm³/mol. The number of piperidine rings is 1. The summed E-state index contributed by atoms with van der Waals surface area (Å²) in [5, 5.41) is 10.9. The van der Waals surface area contributed by atoms with Crippen molar-refractivity contribution in [2.45, 2.75) is 61.8 Å². The fourth-order valence-electron chi connectivity index (χ4n) is 6.73. The van der Waals surface area contributed by atoms with Crippen molar-refractivity contribution >= 4 is 23.4 Å². The highest BCUT2D eigenvalue weighted by Gasteiger charge is 2.47. The molecule has 4 aliphatic rings. The first kappa shape index (κ1) is 28.9. The Morgan fingerprint density at radius 1 is 1.15 bits per heavy atom. The summed E-state index contributed by atoms with van der Waals surface area (Å²) in [6.45, 7) is 9.50. The number of aliphatic hydroxyl groups is 1. The number of aliphatic hydroxyl groups excluding tert-OH is 1. The molecular weight excluding hydrogens is 546 g/mol. The number of pyridine rings is 1. The number of nitrogens with zero attached hydrogens (tertiary/aromatic N) is 5. The second-order valence-electron chi connectivity index (χ2n) is 11.7. The number of hydrogen-bond donors (Lipinski definition) is 1. The lowest BCUT2D eigenvalue weighted by molar-refractivity contribution is -0.124. The van der Waals surface area contributed by atoms with Crippen LogP contribution in [0.2, 0.25) is 0 Å². The van der Waals surface area contributed by atoms with Crippen LogP contribution < -0.4 is 14.5 Å². The molecule has 0 saturated carbocycles. The van der Waals surface area contributed by atoms with Gasteiger partial charge >= 0.3 is 0 Å². The lowest BCUT2D eigenvalue weighted by atomic mass is 9.70. The number of methoxy groups -OCH3 is 1. The van der Waals surface area contributed by atoms with Gasteiger partial charge in [-0.1, -0.05) is 18.7 Å². The Hall–Kier alpha value is -2.22. The number of ether oxygens (including phenoxy) is 5. The van der Waals surface area contributed by atoms with Crippen LogP contribution >= 0.6 is 11.8 Å². The van der Waals surface area contributed by atoms with Crippen LogP contribution in [0.4, 0.5) is 11.6 Å². The molecule has 12 heteroatoms. The second kappa shape index (κ2) is 12.6. The van der Waals surface area contributed by atoms with Gasteiger partial charge in [0.25, 0.3) is 0 Å². The molecule has 0 aromatic carbocycles. The van der Waals surface area contributed by atoms with Crippen molar-refractivity contribution in [2.24, 2.45) is 17.3 Å². The van der Waals surface area contributed by atoms with Crippen LogP contribution in [0.1, 0.15) is 38.8 Å². The van der Waals surface area contributed by atoms with E-state index in [0.717, 1.165) is 72.8 Å². The van der Waals surface area contributed by atoms with Gasteiger partial charge in [0.15, 0.2) is 17.4 Å².